The molecule has 0 unspecified atom stereocenters. The predicted octanol–water partition coefficient (Wildman–Crippen LogP) is 1.67. The van der Waals surface area contributed by atoms with E-state index in [1.807, 2.05) is 18.2 Å². The maximum Gasteiger partial charge on any atom is 0.325 e. The first kappa shape index (κ1) is 16.4. The molecule has 1 N–H and O–H groups in total. The minimum absolute atomic E-state index is 0.0264. The molecule has 0 spiro atoms. The van der Waals surface area contributed by atoms with Crippen molar-refractivity contribution in [2.75, 3.05) is 6.54 Å². The Morgan fingerprint density at radius 2 is 1.96 bits per heavy atom. The molecule has 0 radical (unpaired) electrons. The summed E-state index contributed by atoms with van der Waals surface area (Å²) in [5, 5.41) is 2.60. The maximum atomic E-state index is 12.6. The summed E-state index contributed by atoms with van der Waals surface area (Å²) in [7, 11) is 0. The number of hydrogen-bond donors (Lipinski definition) is 1. The van der Waals surface area contributed by atoms with E-state index in [1.165, 1.54) is 11.8 Å². The molecular formula is C19H19N3O4. The molecule has 2 aromatic rings. The number of benzene rings is 1. The highest BCUT2D eigenvalue weighted by Crippen LogP contribution is 2.21. The zero-order valence-corrected chi connectivity index (χ0v) is 14.2. The van der Waals surface area contributed by atoms with Gasteiger partial charge in [-0.3, -0.25) is 14.5 Å². The molecule has 7 nitrogen and oxygen atoms in total. The topological polar surface area (TPSA) is 82.9 Å². The molecule has 4 amide bonds. The number of fused-ring (bicyclic) bond motifs is 1. The van der Waals surface area contributed by atoms with Crippen molar-refractivity contribution in [3.8, 4) is 0 Å². The van der Waals surface area contributed by atoms with Crippen molar-refractivity contribution in [1.82, 2.24) is 15.1 Å². The molecule has 2 aliphatic heterocycles. The molecule has 7 heteroatoms. The molecule has 1 aromatic carbocycles. The van der Waals surface area contributed by atoms with Gasteiger partial charge in [-0.25, -0.2) is 4.79 Å². The molecule has 1 saturated heterocycles. The van der Waals surface area contributed by atoms with Crippen molar-refractivity contribution in [1.29, 1.82) is 0 Å². The van der Waals surface area contributed by atoms with Gasteiger partial charge in [0.2, 0.25) is 5.91 Å². The SMILES string of the molecule is O=C(C[C@H]1NC(=O)N(Cc2ccco2)C1=O)N1CCc2ccccc2C1. The van der Waals surface area contributed by atoms with Gasteiger partial charge in [-0.1, -0.05) is 24.3 Å². The molecule has 1 fully saturated rings. The second-order valence-corrected chi connectivity index (χ2v) is 6.54. The van der Waals surface area contributed by atoms with E-state index in [1.54, 1.807) is 17.0 Å². The van der Waals surface area contributed by atoms with E-state index in [0.717, 1.165) is 16.9 Å². The van der Waals surface area contributed by atoms with Gasteiger partial charge in [-0.05, 0) is 29.7 Å². The number of carbonyl (C=O) groups excluding carboxylic acids is 3. The van der Waals surface area contributed by atoms with Crippen LogP contribution in [0.5, 0.6) is 0 Å². The smallest absolute Gasteiger partial charge is 0.325 e. The summed E-state index contributed by atoms with van der Waals surface area (Å²) in [5.41, 5.74) is 2.39. The Hall–Kier alpha value is -3.09. The Balaban J connectivity index is 1.39. The van der Waals surface area contributed by atoms with E-state index >= 15 is 0 Å². The van der Waals surface area contributed by atoms with Crippen molar-refractivity contribution in [3.63, 3.8) is 0 Å². The second-order valence-electron chi connectivity index (χ2n) is 6.54. The lowest BCUT2D eigenvalue weighted by Crippen LogP contribution is -2.41. The Morgan fingerprint density at radius 3 is 2.73 bits per heavy atom. The third-order valence-electron chi connectivity index (χ3n) is 4.86. The van der Waals surface area contributed by atoms with Gasteiger partial charge in [0.1, 0.15) is 11.8 Å². The molecular weight excluding hydrogens is 334 g/mol. The van der Waals surface area contributed by atoms with Crippen LogP contribution in [0.2, 0.25) is 0 Å². The second kappa shape index (κ2) is 6.67. The van der Waals surface area contributed by atoms with Gasteiger partial charge in [0.15, 0.2) is 0 Å². The number of amides is 4. The average molecular weight is 353 g/mol. The average Bonchev–Trinajstić information content (AvgIpc) is 3.25. The number of rotatable bonds is 4. The summed E-state index contributed by atoms with van der Waals surface area (Å²) in [4.78, 5) is 40.0. The third kappa shape index (κ3) is 3.08. The van der Waals surface area contributed by atoms with Crippen molar-refractivity contribution >= 4 is 17.8 Å². The molecule has 1 atom stereocenters. The van der Waals surface area contributed by atoms with E-state index in [4.69, 9.17) is 4.42 Å². The number of imide groups is 1. The molecule has 134 valence electrons. The van der Waals surface area contributed by atoms with Crippen molar-refractivity contribution < 1.29 is 18.8 Å². The number of furan rings is 1. The molecule has 2 aliphatic rings. The van der Waals surface area contributed by atoms with Crippen LogP contribution >= 0.6 is 0 Å². The predicted molar refractivity (Wildman–Crippen MR) is 91.8 cm³/mol. The quantitative estimate of drug-likeness (QED) is 0.848. The number of urea groups is 1. The minimum Gasteiger partial charge on any atom is -0.467 e. The molecule has 4 rings (SSSR count). The van der Waals surface area contributed by atoms with E-state index in [0.29, 0.717) is 18.8 Å². The molecule has 3 heterocycles. The fourth-order valence-corrected chi connectivity index (χ4v) is 3.44. The number of nitrogens with one attached hydrogen (secondary N) is 1. The van der Waals surface area contributed by atoms with E-state index in [9.17, 15) is 14.4 Å². The Kier molecular flexibility index (Phi) is 4.20. The van der Waals surface area contributed by atoms with Gasteiger partial charge < -0.3 is 14.6 Å². The van der Waals surface area contributed by atoms with Crippen LogP contribution in [0.1, 0.15) is 23.3 Å². The largest absolute Gasteiger partial charge is 0.467 e. The van der Waals surface area contributed by atoms with Crippen LogP contribution in [0.15, 0.2) is 47.1 Å². The lowest BCUT2D eigenvalue weighted by Gasteiger charge is -2.29. The Labute approximate surface area is 150 Å². The van der Waals surface area contributed by atoms with Crippen LogP contribution in [0.3, 0.4) is 0 Å². The van der Waals surface area contributed by atoms with Crippen molar-refractivity contribution in [2.45, 2.75) is 32.0 Å². The number of hydrogen-bond acceptors (Lipinski definition) is 4. The third-order valence-corrected chi connectivity index (χ3v) is 4.86. The van der Waals surface area contributed by atoms with Crippen molar-refractivity contribution in [2.24, 2.45) is 0 Å². The zero-order chi connectivity index (χ0) is 18.1. The fraction of sp³-hybridized carbons (Fsp3) is 0.316. The van der Waals surface area contributed by atoms with Crippen molar-refractivity contribution in [3.05, 3.63) is 59.5 Å². The van der Waals surface area contributed by atoms with Gasteiger partial charge in [-0.2, -0.15) is 0 Å². The summed E-state index contributed by atoms with van der Waals surface area (Å²) in [6.07, 6.45) is 2.27. The number of nitrogens with zero attached hydrogens (tertiary/aromatic N) is 2. The Bertz CT molecular complexity index is 846. The summed E-state index contributed by atoms with van der Waals surface area (Å²) in [5.74, 6) is 0.00303. The van der Waals surface area contributed by atoms with Gasteiger partial charge in [0.25, 0.3) is 5.91 Å². The van der Waals surface area contributed by atoms with Crippen LogP contribution < -0.4 is 5.32 Å². The monoisotopic (exact) mass is 353 g/mol. The lowest BCUT2D eigenvalue weighted by atomic mass is 9.99. The summed E-state index contributed by atoms with van der Waals surface area (Å²) in [6.45, 7) is 1.24. The summed E-state index contributed by atoms with van der Waals surface area (Å²) in [6, 6.07) is 10.1. The minimum atomic E-state index is -0.817. The number of carbonyl (C=O) groups is 3. The highest BCUT2D eigenvalue weighted by molar-refractivity contribution is 6.05. The summed E-state index contributed by atoms with van der Waals surface area (Å²) >= 11 is 0. The summed E-state index contributed by atoms with van der Waals surface area (Å²) < 4.78 is 5.19. The fourth-order valence-electron chi connectivity index (χ4n) is 3.44. The zero-order valence-electron chi connectivity index (χ0n) is 14.2. The van der Waals surface area contributed by atoms with Crippen LogP contribution in [0.25, 0.3) is 0 Å². The van der Waals surface area contributed by atoms with Crippen LogP contribution in [-0.2, 0) is 29.1 Å². The van der Waals surface area contributed by atoms with Gasteiger partial charge in [0, 0.05) is 13.1 Å². The maximum absolute atomic E-state index is 12.6. The first-order valence-corrected chi connectivity index (χ1v) is 8.60. The first-order chi connectivity index (χ1) is 12.6. The first-order valence-electron chi connectivity index (χ1n) is 8.60. The molecule has 0 aliphatic carbocycles. The van der Waals surface area contributed by atoms with Crippen LogP contribution in [0, 0.1) is 0 Å². The van der Waals surface area contributed by atoms with Gasteiger partial charge in [0.05, 0.1) is 19.2 Å². The molecule has 1 aromatic heterocycles. The van der Waals surface area contributed by atoms with Crippen LogP contribution in [0.4, 0.5) is 4.79 Å². The van der Waals surface area contributed by atoms with E-state index in [-0.39, 0.29) is 18.9 Å². The normalized spacial score (nSPS) is 19.5. The molecule has 0 bridgehead atoms. The van der Waals surface area contributed by atoms with E-state index in [2.05, 4.69) is 11.4 Å². The highest BCUT2D eigenvalue weighted by atomic mass is 16.3. The van der Waals surface area contributed by atoms with Crippen LogP contribution in [-0.4, -0.2) is 40.2 Å². The Morgan fingerprint density at radius 1 is 1.15 bits per heavy atom. The molecule has 26 heavy (non-hydrogen) atoms. The lowest BCUT2D eigenvalue weighted by molar-refractivity contribution is -0.136. The molecule has 0 saturated carbocycles. The standard InChI is InChI=1S/C19H19N3O4/c23-17(21-8-7-13-4-1-2-5-14(13)11-21)10-16-18(24)22(19(25)20-16)12-15-6-3-9-26-15/h1-6,9,16H,7-8,10-12H2,(H,20,25)/t16-/m1/s1. The highest BCUT2D eigenvalue weighted by Gasteiger charge is 2.40. The van der Waals surface area contributed by atoms with Gasteiger partial charge >= 0.3 is 6.03 Å². The van der Waals surface area contributed by atoms with Gasteiger partial charge in [-0.15, -0.1) is 0 Å². The van der Waals surface area contributed by atoms with E-state index < -0.39 is 18.0 Å².